The number of hydrogen-bond acceptors (Lipinski definition) is 4. The first kappa shape index (κ1) is 17.0. The lowest BCUT2D eigenvalue weighted by Crippen LogP contribution is -2.23. The Labute approximate surface area is 139 Å². The Hall–Kier alpha value is -2.34. The highest BCUT2D eigenvalue weighted by Crippen LogP contribution is 2.21. The molecule has 0 aliphatic rings. The summed E-state index contributed by atoms with van der Waals surface area (Å²) in [5.41, 5.74) is 6.88. The van der Waals surface area contributed by atoms with E-state index in [9.17, 15) is 9.59 Å². The van der Waals surface area contributed by atoms with Gasteiger partial charge in [-0.15, -0.1) is 11.3 Å². The Morgan fingerprint density at radius 1 is 1.04 bits per heavy atom. The topological polar surface area (TPSA) is 84.2 Å². The van der Waals surface area contributed by atoms with Crippen molar-refractivity contribution in [1.29, 1.82) is 0 Å². The molecule has 1 aromatic heterocycles. The van der Waals surface area contributed by atoms with Crippen molar-refractivity contribution in [2.45, 2.75) is 26.2 Å². The molecule has 0 aliphatic carbocycles. The van der Waals surface area contributed by atoms with Crippen LogP contribution in [0.4, 0.5) is 11.4 Å². The summed E-state index contributed by atoms with van der Waals surface area (Å²) in [6.45, 7) is 2.78. The zero-order chi connectivity index (χ0) is 16.7. The lowest BCUT2D eigenvalue weighted by Gasteiger charge is -2.06. The third-order valence-electron chi connectivity index (χ3n) is 3.33. The SMILES string of the molecule is CCCCCNC(=O)c1ccc(C(=O)Nc2ccccc2N)s1. The molecule has 2 aromatic rings. The third kappa shape index (κ3) is 4.82. The highest BCUT2D eigenvalue weighted by atomic mass is 32.1. The first-order valence-corrected chi connectivity index (χ1v) is 8.47. The summed E-state index contributed by atoms with van der Waals surface area (Å²) in [5.74, 6) is -0.401. The Kier molecular flexibility index (Phi) is 6.17. The van der Waals surface area contributed by atoms with E-state index in [-0.39, 0.29) is 11.8 Å². The maximum atomic E-state index is 12.2. The molecular formula is C17H21N3O2S. The number of unbranched alkanes of at least 4 members (excludes halogenated alkanes) is 2. The summed E-state index contributed by atoms with van der Waals surface area (Å²) in [5, 5.41) is 5.62. The Morgan fingerprint density at radius 2 is 1.74 bits per heavy atom. The number of carbonyl (C=O) groups excluding carboxylic acids is 2. The van der Waals surface area contributed by atoms with Gasteiger partial charge in [0.25, 0.3) is 11.8 Å². The molecule has 0 saturated carbocycles. The van der Waals surface area contributed by atoms with E-state index in [0.717, 1.165) is 19.3 Å². The lowest BCUT2D eigenvalue weighted by molar-refractivity contribution is 0.0956. The number of anilines is 2. The van der Waals surface area contributed by atoms with Crippen LogP contribution in [0.2, 0.25) is 0 Å². The minimum Gasteiger partial charge on any atom is -0.397 e. The number of benzene rings is 1. The molecule has 0 spiro atoms. The molecule has 0 unspecified atom stereocenters. The largest absolute Gasteiger partial charge is 0.397 e. The van der Waals surface area contributed by atoms with E-state index < -0.39 is 0 Å². The van der Waals surface area contributed by atoms with Gasteiger partial charge in [0.1, 0.15) is 0 Å². The van der Waals surface area contributed by atoms with E-state index in [2.05, 4.69) is 17.6 Å². The molecule has 23 heavy (non-hydrogen) atoms. The van der Waals surface area contributed by atoms with E-state index >= 15 is 0 Å². The number of nitrogen functional groups attached to an aromatic ring is 1. The molecule has 5 nitrogen and oxygen atoms in total. The first-order chi connectivity index (χ1) is 11.1. The number of nitrogens with two attached hydrogens (primary N) is 1. The summed E-state index contributed by atoms with van der Waals surface area (Å²) < 4.78 is 0. The van der Waals surface area contributed by atoms with Gasteiger partial charge in [0.05, 0.1) is 21.1 Å². The van der Waals surface area contributed by atoms with Crippen LogP contribution >= 0.6 is 11.3 Å². The molecular weight excluding hydrogens is 310 g/mol. The Balaban J connectivity index is 1.94. The van der Waals surface area contributed by atoms with Crippen LogP contribution in [0.5, 0.6) is 0 Å². The van der Waals surface area contributed by atoms with Gasteiger partial charge in [0.2, 0.25) is 0 Å². The molecule has 0 atom stereocenters. The molecule has 0 saturated heterocycles. The van der Waals surface area contributed by atoms with Crippen molar-refractivity contribution in [2.24, 2.45) is 0 Å². The quantitative estimate of drug-likeness (QED) is 0.536. The van der Waals surface area contributed by atoms with Gasteiger partial charge < -0.3 is 16.4 Å². The molecule has 0 bridgehead atoms. The molecule has 2 rings (SSSR count). The molecule has 122 valence electrons. The van der Waals surface area contributed by atoms with Gasteiger partial charge in [-0.3, -0.25) is 9.59 Å². The fourth-order valence-electron chi connectivity index (χ4n) is 2.04. The number of hydrogen-bond donors (Lipinski definition) is 3. The van der Waals surface area contributed by atoms with Gasteiger partial charge in [-0.25, -0.2) is 0 Å². The van der Waals surface area contributed by atoms with E-state index in [1.165, 1.54) is 11.3 Å². The van der Waals surface area contributed by atoms with Crippen molar-refractivity contribution >= 4 is 34.5 Å². The summed E-state index contributed by atoms with van der Waals surface area (Å²) in [6.07, 6.45) is 3.17. The number of nitrogens with one attached hydrogen (secondary N) is 2. The molecule has 2 amide bonds. The zero-order valence-corrected chi connectivity index (χ0v) is 13.9. The summed E-state index contributed by atoms with van der Waals surface area (Å²) >= 11 is 1.17. The van der Waals surface area contributed by atoms with Crippen molar-refractivity contribution in [3.05, 3.63) is 46.2 Å². The van der Waals surface area contributed by atoms with Crippen LogP contribution in [-0.4, -0.2) is 18.4 Å². The first-order valence-electron chi connectivity index (χ1n) is 7.65. The van der Waals surface area contributed by atoms with Gasteiger partial charge in [-0.1, -0.05) is 31.9 Å². The van der Waals surface area contributed by atoms with Crippen molar-refractivity contribution < 1.29 is 9.59 Å². The minimum atomic E-state index is -0.266. The van der Waals surface area contributed by atoms with Crippen molar-refractivity contribution in [1.82, 2.24) is 5.32 Å². The van der Waals surface area contributed by atoms with E-state index in [1.54, 1.807) is 36.4 Å². The number of para-hydroxylation sites is 2. The van der Waals surface area contributed by atoms with Gasteiger partial charge in [-0.05, 0) is 30.7 Å². The van der Waals surface area contributed by atoms with Crippen LogP contribution in [0.25, 0.3) is 0 Å². The van der Waals surface area contributed by atoms with E-state index in [1.807, 2.05) is 0 Å². The van der Waals surface area contributed by atoms with Crippen molar-refractivity contribution in [3.8, 4) is 0 Å². The zero-order valence-electron chi connectivity index (χ0n) is 13.1. The fraction of sp³-hybridized carbons (Fsp3) is 0.294. The maximum absolute atomic E-state index is 12.2. The van der Waals surface area contributed by atoms with Crippen LogP contribution in [0.3, 0.4) is 0 Å². The fourth-order valence-corrected chi connectivity index (χ4v) is 2.86. The number of carbonyl (C=O) groups is 2. The smallest absolute Gasteiger partial charge is 0.265 e. The standard InChI is InChI=1S/C17H21N3O2S/c1-2-3-6-11-19-16(21)14-9-10-15(23-14)17(22)20-13-8-5-4-7-12(13)18/h4-5,7-10H,2-3,6,11,18H2,1H3,(H,19,21)(H,20,22). The molecule has 4 N–H and O–H groups in total. The van der Waals surface area contributed by atoms with Gasteiger partial charge in [0.15, 0.2) is 0 Å². The molecule has 1 aromatic carbocycles. The summed E-state index contributed by atoms with van der Waals surface area (Å²) in [4.78, 5) is 25.2. The van der Waals surface area contributed by atoms with E-state index in [0.29, 0.717) is 27.7 Å². The predicted octanol–water partition coefficient (Wildman–Crippen LogP) is 3.50. The van der Waals surface area contributed by atoms with Gasteiger partial charge in [-0.2, -0.15) is 0 Å². The molecule has 6 heteroatoms. The second-order valence-electron chi connectivity index (χ2n) is 5.17. The average molecular weight is 331 g/mol. The molecule has 0 fully saturated rings. The average Bonchev–Trinajstić information content (AvgIpc) is 3.04. The molecule has 0 radical (unpaired) electrons. The van der Waals surface area contributed by atoms with Crippen LogP contribution in [0, 0.1) is 0 Å². The lowest BCUT2D eigenvalue weighted by atomic mass is 10.2. The summed E-state index contributed by atoms with van der Waals surface area (Å²) in [6, 6.07) is 10.4. The second-order valence-corrected chi connectivity index (χ2v) is 6.25. The van der Waals surface area contributed by atoms with Gasteiger partial charge in [0, 0.05) is 6.54 Å². The number of thiophene rings is 1. The monoisotopic (exact) mass is 331 g/mol. The van der Waals surface area contributed by atoms with Gasteiger partial charge >= 0.3 is 0 Å². The summed E-state index contributed by atoms with van der Waals surface area (Å²) in [7, 11) is 0. The Bertz CT molecular complexity index is 682. The van der Waals surface area contributed by atoms with Crippen LogP contribution in [0.15, 0.2) is 36.4 Å². The van der Waals surface area contributed by atoms with Crippen molar-refractivity contribution in [2.75, 3.05) is 17.6 Å². The Morgan fingerprint density at radius 3 is 2.43 bits per heavy atom. The highest BCUT2D eigenvalue weighted by molar-refractivity contribution is 7.16. The normalized spacial score (nSPS) is 10.3. The predicted molar refractivity (Wildman–Crippen MR) is 95.0 cm³/mol. The number of amides is 2. The van der Waals surface area contributed by atoms with Crippen LogP contribution in [-0.2, 0) is 0 Å². The third-order valence-corrected chi connectivity index (χ3v) is 4.41. The van der Waals surface area contributed by atoms with Crippen molar-refractivity contribution in [3.63, 3.8) is 0 Å². The maximum Gasteiger partial charge on any atom is 0.265 e. The van der Waals surface area contributed by atoms with Crippen LogP contribution in [0.1, 0.15) is 45.5 Å². The van der Waals surface area contributed by atoms with Crippen LogP contribution < -0.4 is 16.4 Å². The number of rotatable bonds is 7. The van der Waals surface area contributed by atoms with E-state index in [4.69, 9.17) is 5.73 Å². The second kappa shape index (κ2) is 8.33. The molecule has 0 aliphatic heterocycles. The minimum absolute atomic E-state index is 0.135. The highest BCUT2D eigenvalue weighted by Gasteiger charge is 2.14. The molecule has 1 heterocycles.